The summed E-state index contributed by atoms with van der Waals surface area (Å²) < 4.78 is 13.9. The summed E-state index contributed by atoms with van der Waals surface area (Å²) >= 11 is 6.36. The van der Waals surface area contributed by atoms with Crippen LogP contribution in [0.5, 0.6) is 0 Å². The molecule has 0 bridgehead atoms. The second-order valence-corrected chi connectivity index (χ2v) is 6.06. The fourth-order valence-corrected chi connectivity index (χ4v) is 2.75. The lowest BCUT2D eigenvalue weighted by atomic mass is 10.1. The van der Waals surface area contributed by atoms with Crippen molar-refractivity contribution < 1.29 is 4.39 Å². The van der Waals surface area contributed by atoms with Gasteiger partial charge in [-0.25, -0.2) is 4.39 Å². The Bertz CT molecular complexity index is 839. The third kappa shape index (κ3) is 2.60. The fraction of sp³-hybridized carbons (Fsp3) is 0.235. The largest absolute Gasteiger partial charge is 0.358 e. The number of hydrogen-bond donors (Lipinski definition) is 2. The van der Waals surface area contributed by atoms with Crippen molar-refractivity contribution in [3.63, 3.8) is 0 Å². The fourth-order valence-electron chi connectivity index (χ4n) is 2.47. The molecule has 2 aromatic heterocycles. The van der Waals surface area contributed by atoms with Crippen molar-refractivity contribution in [2.45, 2.75) is 26.3 Å². The lowest BCUT2D eigenvalue weighted by Gasteiger charge is -2.07. The third-order valence-corrected chi connectivity index (χ3v) is 4.09. The normalized spacial score (nSPS) is 11.5. The Balaban J connectivity index is 2.14. The van der Waals surface area contributed by atoms with Gasteiger partial charge in [0.05, 0.1) is 5.69 Å². The number of nitrogens with zero attached hydrogens (tertiary/aromatic N) is 1. The molecule has 0 aliphatic heterocycles. The number of benzene rings is 1. The molecule has 0 aliphatic carbocycles. The van der Waals surface area contributed by atoms with E-state index in [1.165, 1.54) is 6.07 Å². The van der Waals surface area contributed by atoms with E-state index in [0.717, 1.165) is 22.2 Å². The molecule has 0 saturated carbocycles. The van der Waals surface area contributed by atoms with Crippen LogP contribution in [0.25, 0.3) is 22.0 Å². The molecule has 0 fully saturated rings. The number of nitrogens with one attached hydrogen (secondary N) is 1. The minimum absolute atomic E-state index is 0.0766. The Morgan fingerprint density at radius 3 is 2.68 bits per heavy atom. The first-order valence-electron chi connectivity index (χ1n) is 7.16. The molecule has 0 radical (unpaired) electrons. The van der Waals surface area contributed by atoms with Crippen LogP contribution in [0.2, 0.25) is 5.02 Å². The first-order chi connectivity index (χ1) is 10.5. The average Bonchev–Trinajstić information content (AvgIpc) is 2.89. The molecule has 3 N–H and O–H groups in total. The summed E-state index contributed by atoms with van der Waals surface area (Å²) in [6, 6.07) is 7.34. The van der Waals surface area contributed by atoms with Crippen LogP contribution in [0.4, 0.5) is 4.39 Å². The van der Waals surface area contributed by atoms with E-state index in [1.807, 2.05) is 12.1 Å². The van der Waals surface area contributed by atoms with Crippen LogP contribution < -0.4 is 5.73 Å². The maximum atomic E-state index is 13.9. The molecule has 3 aromatic rings. The van der Waals surface area contributed by atoms with Crippen LogP contribution in [0.1, 0.15) is 31.2 Å². The Morgan fingerprint density at radius 1 is 1.27 bits per heavy atom. The molecule has 0 saturated heterocycles. The van der Waals surface area contributed by atoms with Crippen molar-refractivity contribution in [3.05, 3.63) is 52.7 Å². The van der Waals surface area contributed by atoms with Gasteiger partial charge in [0.25, 0.3) is 0 Å². The van der Waals surface area contributed by atoms with Gasteiger partial charge in [-0.15, -0.1) is 0 Å². The van der Waals surface area contributed by atoms with Crippen molar-refractivity contribution >= 4 is 22.5 Å². The molecule has 22 heavy (non-hydrogen) atoms. The molecule has 114 valence electrons. The maximum Gasteiger partial charge on any atom is 0.146 e. The van der Waals surface area contributed by atoms with Crippen molar-refractivity contribution in [2.24, 2.45) is 5.73 Å². The zero-order valence-electron chi connectivity index (χ0n) is 12.5. The number of hydrogen-bond acceptors (Lipinski definition) is 2. The Morgan fingerprint density at radius 2 is 2.05 bits per heavy atom. The predicted octanol–water partition coefficient (Wildman–Crippen LogP) is 4.60. The van der Waals surface area contributed by atoms with E-state index in [1.54, 1.807) is 6.20 Å². The molecular weight excluding hydrogens is 301 g/mol. The molecule has 0 atom stereocenters. The SMILES string of the molecule is CC(C)c1cc2cc(Cl)c(-c3cnc(CN)c(F)c3)cc2[nH]1. The summed E-state index contributed by atoms with van der Waals surface area (Å²) in [6.07, 6.45) is 1.60. The molecule has 3 rings (SSSR count). The van der Waals surface area contributed by atoms with Crippen molar-refractivity contribution in [3.8, 4) is 11.1 Å². The summed E-state index contributed by atoms with van der Waals surface area (Å²) in [5.41, 5.74) is 9.21. The first kappa shape index (κ1) is 15.0. The summed E-state index contributed by atoms with van der Waals surface area (Å²) in [5.74, 6) is -0.0110. The number of halogens is 2. The number of aromatic amines is 1. The smallest absolute Gasteiger partial charge is 0.146 e. The van der Waals surface area contributed by atoms with Gasteiger partial charge in [-0.2, -0.15) is 0 Å². The van der Waals surface area contributed by atoms with Gasteiger partial charge in [-0.1, -0.05) is 25.4 Å². The molecule has 0 amide bonds. The lowest BCUT2D eigenvalue weighted by molar-refractivity contribution is 0.600. The zero-order chi connectivity index (χ0) is 15.9. The summed E-state index contributed by atoms with van der Waals surface area (Å²) in [7, 11) is 0. The highest BCUT2D eigenvalue weighted by Crippen LogP contribution is 2.33. The van der Waals surface area contributed by atoms with E-state index in [9.17, 15) is 4.39 Å². The summed E-state index contributed by atoms with van der Waals surface area (Å²) in [5, 5.41) is 1.62. The number of aromatic nitrogens is 2. The minimum atomic E-state index is -0.412. The highest BCUT2D eigenvalue weighted by Gasteiger charge is 2.12. The first-order valence-corrected chi connectivity index (χ1v) is 7.54. The van der Waals surface area contributed by atoms with Crippen molar-refractivity contribution in [1.29, 1.82) is 0 Å². The standard InChI is InChI=1S/C17H17ClFN3/c1-9(2)15-5-10-3-13(18)12(6-16(10)22-15)11-4-14(19)17(7-20)21-8-11/h3-6,8-9,22H,7,20H2,1-2H3. The minimum Gasteiger partial charge on any atom is -0.358 e. The molecular formula is C17H17ClFN3. The Labute approximate surface area is 133 Å². The van der Waals surface area contributed by atoms with E-state index in [0.29, 0.717) is 16.5 Å². The second kappa shape index (κ2) is 5.71. The number of rotatable bonds is 3. The van der Waals surface area contributed by atoms with Gasteiger partial charge in [0.2, 0.25) is 0 Å². The van der Waals surface area contributed by atoms with Crippen LogP contribution in [0.15, 0.2) is 30.5 Å². The lowest BCUT2D eigenvalue weighted by Crippen LogP contribution is -2.03. The second-order valence-electron chi connectivity index (χ2n) is 5.66. The van der Waals surface area contributed by atoms with Crippen molar-refractivity contribution in [2.75, 3.05) is 0 Å². The highest BCUT2D eigenvalue weighted by molar-refractivity contribution is 6.34. The number of H-pyrrole nitrogens is 1. The van der Waals surface area contributed by atoms with Gasteiger partial charge < -0.3 is 10.7 Å². The number of pyridine rings is 1. The molecule has 5 heteroatoms. The quantitative estimate of drug-likeness (QED) is 0.741. The molecule has 3 nitrogen and oxygen atoms in total. The van der Waals surface area contributed by atoms with E-state index in [2.05, 4.69) is 29.9 Å². The topological polar surface area (TPSA) is 54.7 Å². The summed E-state index contributed by atoms with van der Waals surface area (Å²) in [6.45, 7) is 4.32. The Hall–Kier alpha value is -1.91. The van der Waals surface area contributed by atoms with Gasteiger partial charge >= 0.3 is 0 Å². The van der Waals surface area contributed by atoms with Gasteiger partial charge in [0.1, 0.15) is 5.82 Å². The van der Waals surface area contributed by atoms with Crippen LogP contribution >= 0.6 is 11.6 Å². The average molecular weight is 318 g/mol. The molecule has 0 unspecified atom stereocenters. The number of nitrogens with two attached hydrogens (primary N) is 1. The third-order valence-electron chi connectivity index (χ3n) is 3.77. The zero-order valence-corrected chi connectivity index (χ0v) is 13.2. The van der Waals surface area contributed by atoms with E-state index < -0.39 is 5.82 Å². The monoisotopic (exact) mass is 317 g/mol. The summed E-state index contributed by atoms with van der Waals surface area (Å²) in [4.78, 5) is 7.44. The maximum absolute atomic E-state index is 13.9. The molecule has 0 aliphatic rings. The van der Waals surface area contributed by atoms with Crippen molar-refractivity contribution in [1.82, 2.24) is 9.97 Å². The van der Waals surface area contributed by atoms with Gasteiger partial charge in [-0.05, 0) is 30.2 Å². The van der Waals surface area contributed by atoms with Gasteiger partial charge in [0.15, 0.2) is 0 Å². The van der Waals surface area contributed by atoms with E-state index >= 15 is 0 Å². The van der Waals surface area contributed by atoms with Crippen LogP contribution in [0.3, 0.4) is 0 Å². The van der Waals surface area contributed by atoms with Gasteiger partial charge in [-0.3, -0.25) is 4.98 Å². The molecule has 1 aromatic carbocycles. The van der Waals surface area contributed by atoms with Crippen LogP contribution in [-0.4, -0.2) is 9.97 Å². The predicted molar refractivity (Wildman–Crippen MR) is 88.5 cm³/mol. The van der Waals surface area contributed by atoms with Gasteiger partial charge in [0, 0.05) is 45.5 Å². The van der Waals surface area contributed by atoms with E-state index in [-0.39, 0.29) is 12.2 Å². The van der Waals surface area contributed by atoms with Crippen LogP contribution in [-0.2, 0) is 6.54 Å². The van der Waals surface area contributed by atoms with E-state index in [4.69, 9.17) is 17.3 Å². The Kier molecular flexibility index (Phi) is 3.89. The van der Waals surface area contributed by atoms with Crippen LogP contribution in [0, 0.1) is 5.82 Å². The highest BCUT2D eigenvalue weighted by atomic mass is 35.5. The number of fused-ring (bicyclic) bond motifs is 1. The molecule has 2 heterocycles. The molecule has 0 spiro atoms.